The minimum Gasteiger partial charge on any atom is -0.508 e. The van der Waals surface area contributed by atoms with E-state index in [2.05, 4.69) is 0 Å². The third-order valence-corrected chi connectivity index (χ3v) is 6.03. The van der Waals surface area contributed by atoms with Gasteiger partial charge < -0.3 is 24.6 Å². The third kappa shape index (κ3) is 4.11. The van der Waals surface area contributed by atoms with Gasteiger partial charge in [0, 0.05) is 18.7 Å². The molecule has 30 heavy (non-hydrogen) atoms. The molecule has 1 amide bonds. The van der Waals surface area contributed by atoms with Gasteiger partial charge in [0.05, 0.1) is 18.8 Å². The number of phenolic OH excluding ortho intramolecular Hbond substituents is 1. The summed E-state index contributed by atoms with van der Waals surface area (Å²) in [7, 11) is 1.33. The summed E-state index contributed by atoms with van der Waals surface area (Å²) in [6.45, 7) is 1.21. The van der Waals surface area contributed by atoms with E-state index < -0.39 is 18.2 Å². The highest BCUT2D eigenvalue weighted by Gasteiger charge is 2.44. The Bertz CT molecular complexity index is 928. The summed E-state index contributed by atoms with van der Waals surface area (Å²) >= 11 is 0. The summed E-state index contributed by atoms with van der Waals surface area (Å²) in [4.78, 5) is 26.3. The van der Waals surface area contributed by atoms with Crippen molar-refractivity contribution in [1.29, 1.82) is 0 Å². The maximum Gasteiger partial charge on any atom is 0.337 e. The number of hydrogen-bond donors (Lipinski definition) is 2. The first kappa shape index (κ1) is 20.2. The van der Waals surface area contributed by atoms with Gasteiger partial charge in [0.25, 0.3) is 5.91 Å². The van der Waals surface area contributed by atoms with E-state index in [0.717, 1.165) is 0 Å². The molecule has 1 aliphatic carbocycles. The van der Waals surface area contributed by atoms with Gasteiger partial charge in [-0.25, -0.2) is 4.79 Å². The van der Waals surface area contributed by atoms with Crippen LogP contribution in [0.4, 0.5) is 0 Å². The largest absolute Gasteiger partial charge is 0.508 e. The molecule has 7 nitrogen and oxygen atoms in total. The Labute approximate surface area is 174 Å². The SMILES string of the molecule is COC(=O)c1cccc(O[C@@H]2C[C@@H]3CN(C(=O)c4ccc(O)cc4)C[C@@H]3C[C@H]2O)c1. The number of phenols is 1. The van der Waals surface area contributed by atoms with Crippen LogP contribution in [0.2, 0.25) is 0 Å². The highest BCUT2D eigenvalue weighted by Crippen LogP contribution is 2.38. The monoisotopic (exact) mass is 411 g/mol. The van der Waals surface area contributed by atoms with Crippen LogP contribution in [0.5, 0.6) is 11.5 Å². The van der Waals surface area contributed by atoms with Gasteiger partial charge in [-0.15, -0.1) is 0 Å². The quantitative estimate of drug-likeness (QED) is 0.751. The Hall–Kier alpha value is -3.06. The fourth-order valence-corrected chi connectivity index (χ4v) is 4.46. The van der Waals surface area contributed by atoms with E-state index in [9.17, 15) is 19.8 Å². The predicted octanol–water partition coefficient (Wildman–Crippen LogP) is 2.47. The molecule has 0 aromatic heterocycles. The molecule has 1 saturated carbocycles. The average molecular weight is 411 g/mol. The predicted molar refractivity (Wildman–Crippen MR) is 108 cm³/mol. The van der Waals surface area contributed by atoms with Crippen LogP contribution in [0, 0.1) is 11.8 Å². The Balaban J connectivity index is 1.42. The van der Waals surface area contributed by atoms with E-state index in [-0.39, 0.29) is 23.5 Å². The van der Waals surface area contributed by atoms with Crippen LogP contribution < -0.4 is 4.74 Å². The lowest BCUT2D eigenvalue weighted by Gasteiger charge is -2.35. The van der Waals surface area contributed by atoms with Crippen LogP contribution in [-0.2, 0) is 4.74 Å². The number of fused-ring (bicyclic) bond motifs is 1. The number of rotatable bonds is 4. The molecular formula is C23H25NO6. The van der Waals surface area contributed by atoms with Crippen molar-refractivity contribution in [2.45, 2.75) is 25.0 Å². The standard InChI is InChI=1S/C23H25NO6/c1-29-23(28)15-3-2-4-19(9-15)30-21-11-17-13-24(12-16(17)10-20(21)26)22(27)14-5-7-18(25)8-6-14/h2-9,16-17,20-21,25-26H,10-13H2,1H3/t16-,17+,20+,21+/m0/s1. The summed E-state index contributed by atoms with van der Waals surface area (Å²) in [6.07, 6.45) is 0.151. The van der Waals surface area contributed by atoms with E-state index in [1.165, 1.54) is 19.2 Å². The molecule has 1 heterocycles. The van der Waals surface area contributed by atoms with E-state index in [4.69, 9.17) is 9.47 Å². The summed E-state index contributed by atoms with van der Waals surface area (Å²) in [6, 6.07) is 13.0. The van der Waals surface area contributed by atoms with Crippen LogP contribution in [0.1, 0.15) is 33.6 Å². The second kappa shape index (κ2) is 8.36. The summed E-state index contributed by atoms with van der Waals surface area (Å²) < 4.78 is 10.8. The molecule has 2 fully saturated rings. The van der Waals surface area contributed by atoms with Gasteiger partial charge >= 0.3 is 5.97 Å². The number of esters is 1. The van der Waals surface area contributed by atoms with Crippen LogP contribution in [0.15, 0.2) is 48.5 Å². The highest BCUT2D eigenvalue weighted by molar-refractivity contribution is 5.94. The topological polar surface area (TPSA) is 96.3 Å². The Morgan fingerprint density at radius 2 is 1.70 bits per heavy atom. The first-order valence-electron chi connectivity index (χ1n) is 10.1. The zero-order chi connectivity index (χ0) is 21.3. The molecule has 0 unspecified atom stereocenters. The minimum absolute atomic E-state index is 0.0675. The third-order valence-electron chi connectivity index (χ3n) is 6.03. The van der Waals surface area contributed by atoms with E-state index in [0.29, 0.717) is 42.8 Å². The number of ether oxygens (including phenoxy) is 2. The molecule has 1 aliphatic heterocycles. The lowest BCUT2D eigenvalue weighted by atomic mass is 9.78. The maximum absolute atomic E-state index is 12.8. The molecular weight excluding hydrogens is 386 g/mol. The van der Waals surface area contributed by atoms with Crippen LogP contribution in [0.3, 0.4) is 0 Å². The number of carbonyl (C=O) groups is 2. The molecule has 2 aromatic carbocycles. The van der Waals surface area contributed by atoms with Gasteiger partial charge in [0.2, 0.25) is 0 Å². The zero-order valence-electron chi connectivity index (χ0n) is 16.7. The Morgan fingerprint density at radius 1 is 1.00 bits per heavy atom. The number of methoxy groups -OCH3 is 1. The fraction of sp³-hybridized carbons (Fsp3) is 0.391. The first-order valence-corrected chi connectivity index (χ1v) is 10.1. The Kier molecular flexibility index (Phi) is 5.63. The molecule has 0 bridgehead atoms. The zero-order valence-corrected chi connectivity index (χ0v) is 16.7. The Morgan fingerprint density at radius 3 is 2.40 bits per heavy atom. The van der Waals surface area contributed by atoms with E-state index in [1.54, 1.807) is 36.4 Å². The van der Waals surface area contributed by atoms with Gasteiger partial charge in [-0.2, -0.15) is 0 Å². The summed E-state index contributed by atoms with van der Waals surface area (Å²) in [5.74, 6) is 0.591. The number of nitrogens with zero attached hydrogens (tertiary/aromatic N) is 1. The summed E-state index contributed by atoms with van der Waals surface area (Å²) in [5.41, 5.74) is 0.934. The van der Waals surface area contributed by atoms with Crippen molar-refractivity contribution in [1.82, 2.24) is 4.90 Å². The van der Waals surface area contributed by atoms with Crippen molar-refractivity contribution in [2.75, 3.05) is 20.2 Å². The van der Waals surface area contributed by atoms with Crippen molar-refractivity contribution in [3.63, 3.8) is 0 Å². The first-order chi connectivity index (χ1) is 14.4. The molecule has 2 N–H and O–H groups in total. The van der Waals surface area contributed by atoms with Crippen molar-refractivity contribution in [3.8, 4) is 11.5 Å². The molecule has 158 valence electrons. The minimum atomic E-state index is -0.642. The van der Waals surface area contributed by atoms with Gasteiger partial charge in [0.15, 0.2) is 0 Å². The average Bonchev–Trinajstić information content (AvgIpc) is 3.16. The molecule has 4 rings (SSSR count). The van der Waals surface area contributed by atoms with E-state index >= 15 is 0 Å². The number of aliphatic hydroxyl groups excluding tert-OH is 1. The van der Waals surface area contributed by atoms with Gasteiger partial charge in [-0.05, 0) is 67.1 Å². The normalized spacial score (nSPS) is 25.5. The second-order valence-electron chi connectivity index (χ2n) is 7.99. The molecule has 4 atom stereocenters. The van der Waals surface area contributed by atoms with Crippen molar-refractivity contribution in [3.05, 3.63) is 59.7 Å². The van der Waals surface area contributed by atoms with Gasteiger partial charge in [-0.3, -0.25) is 4.79 Å². The molecule has 0 radical (unpaired) electrons. The lowest BCUT2D eigenvalue weighted by Crippen LogP contribution is -2.42. The maximum atomic E-state index is 12.8. The number of aromatic hydroxyl groups is 1. The number of amides is 1. The second-order valence-corrected chi connectivity index (χ2v) is 7.99. The molecule has 2 aliphatic rings. The summed E-state index contributed by atoms with van der Waals surface area (Å²) in [5, 5.41) is 20.0. The van der Waals surface area contributed by atoms with Crippen LogP contribution in [0.25, 0.3) is 0 Å². The number of likely N-dealkylation sites (tertiary alicyclic amines) is 1. The van der Waals surface area contributed by atoms with E-state index in [1.807, 2.05) is 4.90 Å². The number of carbonyl (C=O) groups excluding carboxylic acids is 2. The lowest BCUT2D eigenvalue weighted by molar-refractivity contribution is -0.0231. The van der Waals surface area contributed by atoms with Crippen molar-refractivity contribution < 1.29 is 29.3 Å². The van der Waals surface area contributed by atoms with Crippen LogP contribution >= 0.6 is 0 Å². The number of aliphatic hydroxyl groups is 1. The molecule has 7 heteroatoms. The van der Waals surface area contributed by atoms with Crippen LogP contribution in [-0.4, -0.2) is 59.4 Å². The molecule has 0 spiro atoms. The van der Waals surface area contributed by atoms with Gasteiger partial charge in [0.1, 0.15) is 17.6 Å². The van der Waals surface area contributed by atoms with Crippen molar-refractivity contribution >= 4 is 11.9 Å². The molecule has 1 saturated heterocycles. The number of hydrogen-bond acceptors (Lipinski definition) is 6. The fourth-order valence-electron chi connectivity index (χ4n) is 4.46. The van der Waals surface area contributed by atoms with Gasteiger partial charge in [-0.1, -0.05) is 6.07 Å². The highest BCUT2D eigenvalue weighted by atomic mass is 16.5. The van der Waals surface area contributed by atoms with Crippen molar-refractivity contribution in [2.24, 2.45) is 11.8 Å². The smallest absolute Gasteiger partial charge is 0.337 e. The number of benzene rings is 2. The molecule has 2 aromatic rings.